The summed E-state index contributed by atoms with van der Waals surface area (Å²) in [5, 5.41) is 14.0. The highest BCUT2D eigenvalue weighted by molar-refractivity contribution is 7.99. The minimum Gasteiger partial charge on any atom is -0.480 e. The summed E-state index contributed by atoms with van der Waals surface area (Å²) in [6.45, 7) is 1.37. The van der Waals surface area contributed by atoms with E-state index in [2.05, 4.69) is 10.6 Å². The monoisotopic (exact) mass is 311 g/mol. The van der Waals surface area contributed by atoms with Crippen molar-refractivity contribution in [3.05, 3.63) is 29.8 Å². The van der Waals surface area contributed by atoms with Crippen molar-refractivity contribution in [3.63, 3.8) is 0 Å². The Morgan fingerprint density at radius 1 is 1.33 bits per heavy atom. The Bertz CT molecular complexity index is 536. The average Bonchev–Trinajstić information content (AvgIpc) is 2.41. The molecule has 8 heteroatoms. The van der Waals surface area contributed by atoms with Gasteiger partial charge in [-0.25, -0.2) is 4.79 Å². The second-order valence-corrected chi connectivity index (χ2v) is 5.23. The van der Waals surface area contributed by atoms with E-state index in [-0.39, 0.29) is 28.8 Å². The Morgan fingerprint density at radius 3 is 2.57 bits per heavy atom. The number of para-hydroxylation sites is 1. The van der Waals surface area contributed by atoms with Crippen LogP contribution in [0, 0.1) is 0 Å². The minimum absolute atomic E-state index is 0.133. The van der Waals surface area contributed by atoms with Crippen LogP contribution in [0.3, 0.4) is 0 Å². The lowest BCUT2D eigenvalue weighted by Gasteiger charge is -2.15. The van der Waals surface area contributed by atoms with Crippen LogP contribution in [0.4, 0.5) is 5.69 Å². The van der Waals surface area contributed by atoms with Crippen molar-refractivity contribution in [2.24, 2.45) is 0 Å². The highest BCUT2D eigenvalue weighted by Crippen LogP contribution is 2.11. The molecule has 5 N–H and O–H groups in total. The summed E-state index contributed by atoms with van der Waals surface area (Å²) in [6.07, 6.45) is 0. The van der Waals surface area contributed by atoms with Crippen molar-refractivity contribution in [1.29, 1.82) is 0 Å². The van der Waals surface area contributed by atoms with E-state index in [9.17, 15) is 14.4 Å². The number of carbonyl (C=O) groups is 3. The van der Waals surface area contributed by atoms with Crippen LogP contribution in [0.5, 0.6) is 0 Å². The molecule has 1 unspecified atom stereocenters. The van der Waals surface area contributed by atoms with E-state index in [0.29, 0.717) is 0 Å². The maximum atomic E-state index is 12.0. The predicted molar refractivity (Wildman–Crippen MR) is 80.9 cm³/mol. The average molecular weight is 311 g/mol. The molecule has 114 valence electrons. The number of anilines is 1. The van der Waals surface area contributed by atoms with E-state index in [1.165, 1.54) is 24.8 Å². The van der Waals surface area contributed by atoms with Crippen molar-refractivity contribution < 1.29 is 19.5 Å². The van der Waals surface area contributed by atoms with Gasteiger partial charge in [-0.3, -0.25) is 9.59 Å². The topological polar surface area (TPSA) is 122 Å². The maximum Gasteiger partial charge on any atom is 0.327 e. The standard InChI is InChI=1S/C13H17N3O4S/c1-8(17)15-7-21-6-11(13(19)20)16-12(18)9-4-2-3-5-10(9)14/h2-5,11H,6-7,14H2,1H3,(H,15,17)(H,16,18)(H,19,20). The third-order valence-corrected chi connectivity index (χ3v) is 3.43. The zero-order valence-electron chi connectivity index (χ0n) is 11.5. The number of nitrogens with one attached hydrogen (secondary N) is 2. The molecule has 0 saturated heterocycles. The molecule has 0 fully saturated rings. The molecule has 0 spiro atoms. The van der Waals surface area contributed by atoms with Gasteiger partial charge in [-0.1, -0.05) is 12.1 Å². The second kappa shape index (κ2) is 8.15. The number of nitrogen functional groups attached to an aromatic ring is 1. The molecule has 0 aromatic heterocycles. The zero-order valence-corrected chi connectivity index (χ0v) is 12.3. The summed E-state index contributed by atoms with van der Waals surface area (Å²) in [7, 11) is 0. The first-order valence-corrected chi connectivity index (χ1v) is 7.27. The number of carboxylic acid groups (broad SMARTS) is 1. The molecule has 0 radical (unpaired) electrons. The summed E-state index contributed by atoms with van der Waals surface area (Å²) >= 11 is 1.20. The van der Waals surface area contributed by atoms with Gasteiger partial charge in [-0.2, -0.15) is 0 Å². The van der Waals surface area contributed by atoms with Crippen LogP contribution in [0.25, 0.3) is 0 Å². The van der Waals surface area contributed by atoms with Crippen molar-refractivity contribution >= 4 is 35.2 Å². The number of carboxylic acids is 1. The summed E-state index contributed by atoms with van der Waals surface area (Å²) in [5.41, 5.74) is 6.18. The highest BCUT2D eigenvalue weighted by atomic mass is 32.2. The molecule has 1 atom stereocenters. The first-order valence-electron chi connectivity index (χ1n) is 6.12. The number of benzene rings is 1. The molecule has 21 heavy (non-hydrogen) atoms. The Hall–Kier alpha value is -2.22. The highest BCUT2D eigenvalue weighted by Gasteiger charge is 2.21. The normalized spacial score (nSPS) is 11.5. The number of hydrogen-bond donors (Lipinski definition) is 4. The molecular formula is C13H17N3O4S. The van der Waals surface area contributed by atoms with Gasteiger partial charge in [0.05, 0.1) is 11.4 Å². The van der Waals surface area contributed by atoms with Gasteiger partial charge < -0.3 is 21.5 Å². The number of hydrogen-bond acceptors (Lipinski definition) is 5. The number of thioether (sulfide) groups is 1. The van der Waals surface area contributed by atoms with Crippen molar-refractivity contribution in [3.8, 4) is 0 Å². The molecule has 0 aliphatic rings. The van der Waals surface area contributed by atoms with Crippen LogP contribution < -0.4 is 16.4 Å². The minimum atomic E-state index is -1.15. The van der Waals surface area contributed by atoms with E-state index < -0.39 is 17.9 Å². The smallest absolute Gasteiger partial charge is 0.327 e. The van der Waals surface area contributed by atoms with Gasteiger partial charge >= 0.3 is 5.97 Å². The Morgan fingerprint density at radius 2 is 2.00 bits per heavy atom. The molecule has 2 amide bonds. The second-order valence-electron chi connectivity index (χ2n) is 4.20. The van der Waals surface area contributed by atoms with E-state index >= 15 is 0 Å². The van der Waals surface area contributed by atoms with Gasteiger partial charge in [0.25, 0.3) is 5.91 Å². The van der Waals surface area contributed by atoms with Gasteiger partial charge in [0.15, 0.2) is 0 Å². The molecule has 0 aliphatic heterocycles. The SMILES string of the molecule is CC(=O)NCSCC(NC(=O)c1ccccc1N)C(=O)O. The quantitative estimate of drug-likeness (QED) is 0.326. The van der Waals surface area contributed by atoms with Crippen LogP contribution in [-0.4, -0.2) is 40.6 Å². The first-order chi connectivity index (χ1) is 9.91. The molecule has 1 rings (SSSR count). The van der Waals surface area contributed by atoms with Crippen molar-refractivity contribution in [1.82, 2.24) is 10.6 Å². The third-order valence-electron chi connectivity index (χ3n) is 2.52. The Balaban J connectivity index is 2.58. The van der Waals surface area contributed by atoms with Gasteiger partial charge in [0.2, 0.25) is 5.91 Å². The Labute approximate surface area is 126 Å². The van der Waals surface area contributed by atoms with E-state index in [1.54, 1.807) is 18.2 Å². The van der Waals surface area contributed by atoms with Crippen LogP contribution in [-0.2, 0) is 9.59 Å². The van der Waals surface area contributed by atoms with Crippen LogP contribution in [0.1, 0.15) is 17.3 Å². The molecule has 7 nitrogen and oxygen atoms in total. The van der Waals surface area contributed by atoms with E-state index in [1.807, 2.05) is 0 Å². The van der Waals surface area contributed by atoms with Gasteiger partial charge in [0.1, 0.15) is 6.04 Å². The van der Waals surface area contributed by atoms with Gasteiger partial charge in [-0.05, 0) is 12.1 Å². The lowest BCUT2D eigenvalue weighted by molar-refractivity contribution is -0.138. The van der Waals surface area contributed by atoms with Crippen molar-refractivity contribution in [2.45, 2.75) is 13.0 Å². The first kappa shape index (κ1) is 16.8. The third kappa shape index (κ3) is 5.74. The van der Waals surface area contributed by atoms with E-state index in [4.69, 9.17) is 10.8 Å². The summed E-state index contributed by atoms with van der Waals surface area (Å²) in [6, 6.07) is 5.36. The van der Waals surface area contributed by atoms with Crippen molar-refractivity contribution in [2.75, 3.05) is 17.4 Å². The predicted octanol–water partition coefficient (Wildman–Crippen LogP) is 0.279. The number of aliphatic carboxylic acids is 1. The number of nitrogens with two attached hydrogens (primary N) is 1. The fourth-order valence-corrected chi connectivity index (χ4v) is 2.33. The zero-order chi connectivity index (χ0) is 15.8. The number of carbonyl (C=O) groups excluding carboxylic acids is 2. The summed E-state index contributed by atoms with van der Waals surface area (Å²) in [4.78, 5) is 33.8. The summed E-state index contributed by atoms with van der Waals surface area (Å²) in [5.74, 6) is -1.47. The fraction of sp³-hybridized carbons (Fsp3) is 0.308. The number of amides is 2. The lowest BCUT2D eigenvalue weighted by Crippen LogP contribution is -2.43. The van der Waals surface area contributed by atoms with Crippen LogP contribution in [0.2, 0.25) is 0 Å². The molecule has 1 aromatic rings. The lowest BCUT2D eigenvalue weighted by atomic mass is 10.1. The molecule has 0 bridgehead atoms. The Kier molecular flexibility index (Phi) is 6.54. The summed E-state index contributed by atoms with van der Waals surface area (Å²) < 4.78 is 0. The largest absolute Gasteiger partial charge is 0.480 e. The molecule has 0 aliphatic carbocycles. The fourth-order valence-electron chi connectivity index (χ4n) is 1.44. The molecule has 0 heterocycles. The maximum absolute atomic E-state index is 12.0. The molecule has 0 saturated carbocycles. The molecular weight excluding hydrogens is 294 g/mol. The van der Waals surface area contributed by atoms with E-state index in [0.717, 1.165) is 0 Å². The van der Waals surface area contributed by atoms with Crippen LogP contribution >= 0.6 is 11.8 Å². The van der Waals surface area contributed by atoms with Gasteiger partial charge in [-0.15, -0.1) is 11.8 Å². The van der Waals surface area contributed by atoms with Crippen LogP contribution in [0.15, 0.2) is 24.3 Å². The van der Waals surface area contributed by atoms with Gasteiger partial charge in [0, 0.05) is 18.4 Å². The molecule has 1 aromatic carbocycles. The number of rotatable bonds is 7.